The minimum atomic E-state index is -0.692. The van der Waals surface area contributed by atoms with Gasteiger partial charge in [0, 0.05) is 10.6 Å². The first kappa shape index (κ1) is 16.4. The van der Waals surface area contributed by atoms with Crippen LogP contribution in [0.15, 0.2) is 75.9 Å². The summed E-state index contributed by atoms with van der Waals surface area (Å²) in [6.07, 6.45) is 1.39. The zero-order chi connectivity index (χ0) is 18.3. The van der Waals surface area contributed by atoms with E-state index in [1.165, 1.54) is 28.6 Å². The van der Waals surface area contributed by atoms with Crippen LogP contribution >= 0.6 is 11.3 Å². The van der Waals surface area contributed by atoms with Crippen molar-refractivity contribution in [1.29, 1.82) is 0 Å². The van der Waals surface area contributed by atoms with Gasteiger partial charge in [0.1, 0.15) is 6.04 Å². The number of hydrogen-bond acceptors (Lipinski definition) is 5. The van der Waals surface area contributed by atoms with E-state index in [0.717, 1.165) is 10.4 Å². The van der Waals surface area contributed by atoms with E-state index in [1.54, 1.807) is 18.2 Å². The van der Waals surface area contributed by atoms with Gasteiger partial charge in [-0.3, -0.25) is 14.5 Å². The summed E-state index contributed by atoms with van der Waals surface area (Å²) in [5.41, 5.74) is 1.71. The minimum absolute atomic E-state index is 0.0352. The standard InChI is InChI=1S/C20H15NO4S/c1-12-6-8-13(9-7-12)21-17(15-5-3-11-26-15)16(19(23)20(21)24)18(22)14-4-2-10-25-14/h2-11,17,23H,1H3. The third kappa shape index (κ3) is 2.55. The minimum Gasteiger partial charge on any atom is -0.503 e. The van der Waals surface area contributed by atoms with E-state index in [9.17, 15) is 14.7 Å². The Labute approximate surface area is 153 Å². The van der Waals surface area contributed by atoms with Crippen molar-refractivity contribution in [3.63, 3.8) is 0 Å². The maximum Gasteiger partial charge on any atom is 0.294 e. The van der Waals surface area contributed by atoms with E-state index < -0.39 is 23.5 Å². The van der Waals surface area contributed by atoms with Crippen molar-refractivity contribution in [2.24, 2.45) is 0 Å². The monoisotopic (exact) mass is 365 g/mol. The Morgan fingerprint density at radius 2 is 1.92 bits per heavy atom. The Hall–Kier alpha value is -3.12. The lowest BCUT2D eigenvalue weighted by Gasteiger charge is -2.25. The molecule has 0 aliphatic carbocycles. The molecule has 1 aliphatic heterocycles. The van der Waals surface area contributed by atoms with Crippen LogP contribution in [0.5, 0.6) is 0 Å². The summed E-state index contributed by atoms with van der Waals surface area (Å²) in [5, 5.41) is 12.4. The Balaban J connectivity index is 1.86. The summed E-state index contributed by atoms with van der Waals surface area (Å²) in [7, 11) is 0. The molecule has 1 aromatic carbocycles. The Morgan fingerprint density at radius 1 is 1.15 bits per heavy atom. The molecule has 6 heteroatoms. The number of rotatable bonds is 4. The van der Waals surface area contributed by atoms with Crippen LogP contribution in [0.4, 0.5) is 5.69 Å². The number of aryl methyl sites for hydroxylation is 1. The number of nitrogens with zero attached hydrogens (tertiary/aromatic N) is 1. The molecule has 0 bridgehead atoms. The Bertz CT molecular complexity index is 985. The second-order valence-corrected chi connectivity index (χ2v) is 6.98. The van der Waals surface area contributed by atoms with Crippen LogP contribution in [0.1, 0.15) is 27.0 Å². The SMILES string of the molecule is Cc1ccc(N2C(=O)C(O)=C(C(=O)c3ccco3)C2c2cccs2)cc1. The molecule has 0 saturated carbocycles. The molecular weight excluding hydrogens is 350 g/mol. The molecule has 5 nitrogen and oxygen atoms in total. The molecule has 130 valence electrons. The number of amides is 1. The van der Waals surface area contributed by atoms with E-state index in [0.29, 0.717) is 5.69 Å². The molecule has 0 spiro atoms. The smallest absolute Gasteiger partial charge is 0.294 e. The predicted molar refractivity (Wildman–Crippen MR) is 98.4 cm³/mol. The second-order valence-electron chi connectivity index (χ2n) is 6.00. The fraction of sp³-hybridized carbons (Fsp3) is 0.100. The molecule has 1 aliphatic rings. The Morgan fingerprint density at radius 3 is 2.54 bits per heavy atom. The number of Topliss-reactive ketones (excluding diaryl/α,β-unsaturated/α-hetero) is 1. The average Bonchev–Trinajstić information content (AvgIpc) is 3.38. The van der Waals surface area contributed by atoms with E-state index in [4.69, 9.17) is 4.42 Å². The van der Waals surface area contributed by atoms with Crippen LogP contribution in [0.2, 0.25) is 0 Å². The number of furan rings is 1. The molecule has 1 amide bonds. The predicted octanol–water partition coefficient (Wildman–Crippen LogP) is 4.43. The summed E-state index contributed by atoms with van der Waals surface area (Å²) >= 11 is 1.42. The fourth-order valence-corrected chi connectivity index (χ4v) is 3.89. The first-order chi connectivity index (χ1) is 12.6. The number of benzene rings is 1. The van der Waals surface area contributed by atoms with E-state index in [1.807, 2.05) is 36.6 Å². The lowest BCUT2D eigenvalue weighted by molar-refractivity contribution is -0.117. The maximum atomic E-state index is 12.9. The zero-order valence-corrected chi connectivity index (χ0v) is 14.7. The molecule has 1 atom stereocenters. The molecule has 1 unspecified atom stereocenters. The number of hydrogen-bond donors (Lipinski definition) is 1. The summed E-state index contributed by atoms with van der Waals surface area (Å²) in [6.45, 7) is 1.95. The molecule has 26 heavy (non-hydrogen) atoms. The van der Waals surface area contributed by atoms with Gasteiger partial charge < -0.3 is 9.52 Å². The quantitative estimate of drug-likeness (QED) is 0.694. The van der Waals surface area contributed by atoms with Gasteiger partial charge in [-0.25, -0.2) is 0 Å². The summed E-state index contributed by atoms with van der Waals surface area (Å²) in [4.78, 5) is 28.0. The Kier molecular flexibility index (Phi) is 3.97. The highest BCUT2D eigenvalue weighted by atomic mass is 32.1. The van der Waals surface area contributed by atoms with Crippen molar-refractivity contribution in [3.05, 3.63) is 87.7 Å². The molecule has 1 N–H and O–H groups in total. The number of anilines is 1. The van der Waals surface area contributed by atoms with Crippen molar-refractivity contribution < 1.29 is 19.1 Å². The van der Waals surface area contributed by atoms with Crippen LogP contribution in [-0.4, -0.2) is 16.8 Å². The molecule has 3 aromatic rings. The summed E-state index contributed by atoms with van der Waals surface area (Å²) in [6, 6.07) is 13.5. The van der Waals surface area contributed by atoms with Gasteiger partial charge in [-0.05, 0) is 42.6 Å². The highest BCUT2D eigenvalue weighted by Crippen LogP contribution is 2.43. The topological polar surface area (TPSA) is 70.8 Å². The molecule has 0 saturated heterocycles. The summed E-state index contributed by atoms with van der Waals surface area (Å²) < 4.78 is 5.19. The van der Waals surface area contributed by atoms with Gasteiger partial charge in [-0.1, -0.05) is 23.8 Å². The highest BCUT2D eigenvalue weighted by Gasteiger charge is 2.45. The molecule has 0 radical (unpaired) electrons. The van der Waals surface area contributed by atoms with Gasteiger partial charge in [0.25, 0.3) is 5.91 Å². The maximum absolute atomic E-state index is 12.9. The van der Waals surface area contributed by atoms with Gasteiger partial charge in [0.15, 0.2) is 11.5 Å². The first-order valence-electron chi connectivity index (χ1n) is 8.03. The second kappa shape index (κ2) is 6.31. The van der Waals surface area contributed by atoms with Crippen molar-refractivity contribution in [2.75, 3.05) is 4.90 Å². The number of aliphatic hydroxyl groups is 1. The lowest BCUT2D eigenvalue weighted by Crippen LogP contribution is -2.30. The van der Waals surface area contributed by atoms with Crippen LogP contribution < -0.4 is 4.90 Å². The molecule has 4 rings (SSSR count). The van der Waals surface area contributed by atoms with Crippen molar-refractivity contribution >= 4 is 28.7 Å². The largest absolute Gasteiger partial charge is 0.503 e. The highest BCUT2D eigenvalue weighted by molar-refractivity contribution is 7.10. The van der Waals surface area contributed by atoms with Crippen molar-refractivity contribution in [3.8, 4) is 0 Å². The van der Waals surface area contributed by atoms with E-state index in [2.05, 4.69) is 0 Å². The number of thiophene rings is 1. The molecule has 3 heterocycles. The normalized spacial score (nSPS) is 17.2. The zero-order valence-electron chi connectivity index (χ0n) is 13.9. The van der Waals surface area contributed by atoms with Crippen molar-refractivity contribution in [2.45, 2.75) is 13.0 Å². The third-order valence-electron chi connectivity index (χ3n) is 4.32. The molecule has 0 fully saturated rings. The lowest BCUT2D eigenvalue weighted by atomic mass is 10.00. The van der Waals surface area contributed by atoms with E-state index in [-0.39, 0.29) is 11.3 Å². The van der Waals surface area contributed by atoms with Crippen LogP contribution in [0, 0.1) is 6.92 Å². The van der Waals surface area contributed by atoms with Crippen LogP contribution in [0.25, 0.3) is 0 Å². The van der Waals surface area contributed by atoms with Crippen LogP contribution in [0.3, 0.4) is 0 Å². The van der Waals surface area contributed by atoms with Gasteiger partial charge >= 0.3 is 0 Å². The number of carbonyl (C=O) groups is 2. The number of carbonyl (C=O) groups excluding carboxylic acids is 2. The third-order valence-corrected chi connectivity index (χ3v) is 5.25. The molecule has 2 aromatic heterocycles. The van der Waals surface area contributed by atoms with Crippen molar-refractivity contribution in [1.82, 2.24) is 0 Å². The average molecular weight is 365 g/mol. The number of ketones is 1. The first-order valence-corrected chi connectivity index (χ1v) is 8.91. The van der Waals surface area contributed by atoms with E-state index >= 15 is 0 Å². The summed E-state index contributed by atoms with van der Waals surface area (Å²) in [5.74, 6) is -1.53. The van der Waals surface area contributed by atoms with Gasteiger partial charge in [-0.15, -0.1) is 11.3 Å². The van der Waals surface area contributed by atoms with Crippen LogP contribution in [-0.2, 0) is 4.79 Å². The number of aliphatic hydroxyl groups excluding tert-OH is 1. The van der Waals surface area contributed by atoms with Gasteiger partial charge in [0.05, 0.1) is 11.8 Å². The van der Waals surface area contributed by atoms with Gasteiger partial charge in [-0.2, -0.15) is 0 Å². The molecular formula is C20H15NO4S. The van der Waals surface area contributed by atoms with Gasteiger partial charge in [0.2, 0.25) is 5.78 Å². The fourth-order valence-electron chi connectivity index (χ4n) is 3.07.